The fourth-order valence-electron chi connectivity index (χ4n) is 4.74. The van der Waals surface area contributed by atoms with Crippen LogP contribution in [0.15, 0.2) is 12.1 Å². The molecule has 5 heteroatoms. The lowest BCUT2D eigenvalue weighted by Gasteiger charge is -2.40. The topological polar surface area (TPSA) is 42.0 Å². The van der Waals surface area contributed by atoms with Crippen LogP contribution in [0.1, 0.15) is 57.1 Å². The molecule has 1 unspecified atom stereocenters. The molecule has 3 aliphatic heterocycles. The zero-order valence-electron chi connectivity index (χ0n) is 16.7. The second-order valence-electron chi connectivity index (χ2n) is 8.18. The molecule has 2 saturated heterocycles. The lowest BCUT2D eigenvalue weighted by Crippen LogP contribution is -2.48. The van der Waals surface area contributed by atoms with Gasteiger partial charge in [0, 0.05) is 56.2 Å². The fourth-order valence-corrected chi connectivity index (χ4v) is 4.74. The molecule has 3 heterocycles. The highest BCUT2D eigenvalue weighted by Gasteiger charge is 2.30. The van der Waals surface area contributed by atoms with Gasteiger partial charge in [0.1, 0.15) is 17.6 Å². The highest BCUT2D eigenvalue weighted by molar-refractivity contribution is 5.77. The Kier molecular flexibility index (Phi) is 5.58. The average Bonchev–Trinajstić information content (AvgIpc) is 3.02. The molecule has 148 valence electrons. The number of rotatable bonds is 5. The van der Waals surface area contributed by atoms with E-state index in [1.807, 2.05) is 6.92 Å². The van der Waals surface area contributed by atoms with Gasteiger partial charge in [-0.3, -0.25) is 9.69 Å². The van der Waals surface area contributed by atoms with Gasteiger partial charge in [0.2, 0.25) is 5.91 Å². The van der Waals surface area contributed by atoms with E-state index in [1.165, 1.54) is 11.1 Å². The summed E-state index contributed by atoms with van der Waals surface area (Å²) in [6, 6.07) is 4.80. The molecule has 5 nitrogen and oxygen atoms in total. The van der Waals surface area contributed by atoms with E-state index in [0.29, 0.717) is 18.6 Å². The number of amides is 1. The number of carbonyl (C=O) groups excluding carboxylic acids is 1. The SMILES string of the molecule is CCOc1cc2c(cc1CN1CCC(N3CCCCC3=O)CC1)OC(C)C2. The lowest BCUT2D eigenvalue weighted by molar-refractivity contribution is -0.136. The van der Waals surface area contributed by atoms with Crippen LogP contribution in [-0.4, -0.2) is 54.1 Å². The Morgan fingerprint density at radius 3 is 2.74 bits per heavy atom. The van der Waals surface area contributed by atoms with Crippen molar-refractivity contribution in [3.05, 3.63) is 23.3 Å². The zero-order valence-corrected chi connectivity index (χ0v) is 16.7. The molecule has 1 aromatic rings. The van der Waals surface area contributed by atoms with Crippen molar-refractivity contribution < 1.29 is 14.3 Å². The van der Waals surface area contributed by atoms with Gasteiger partial charge in [-0.05, 0) is 51.7 Å². The van der Waals surface area contributed by atoms with E-state index in [4.69, 9.17) is 9.47 Å². The number of ether oxygens (including phenoxy) is 2. The summed E-state index contributed by atoms with van der Waals surface area (Å²) in [6.07, 6.45) is 6.34. The van der Waals surface area contributed by atoms with Crippen LogP contribution in [0.3, 0.4) is 0 Å². The quantitative estimate of drug-likeness (QED) is 0.795. The summed E-state index contributed by atoms with van der Waals surface area (Å²) in [4.78, 5) is 16.8. The van der Waals surface area contributed by atoms with Crippen molar-refractivity contribution in [1.82, 2.24) is 9.80 Å². The fraction of sp³-hybridized carbons (Fsp3) is 0.682. The molecule has 0 aliphatic carbocycles. The Hall–Kier alpha value is -1.75. The molecule has 1 atom stereocenters. The molecule has 0 radical (unpaired) electrons. The number of hydrogen-bond acceptors (Lipinski definition) is 4. The first-order chi connectivity index (χ1) is 13.1. The first-order valence-electron chi connectivity index (χ1n) is 10.6. The monoisotopic (exact) mass is 372 g/mol. The highest BCUT2D eigenvalue weighted by atomic mass is 16.5. The normalized spacial score (nSPS) is 24.0. The van der Waals surface area contributed by atoms with E-state index in [2.05, 4.69) is 28.9 Å². The van der Waals surface area contributed by atoms with E-state index >= 15 is 0 Å². The van der Waals surface area contributed by atoms with E-state index in [9.17, 15) is 4.79 Å². The second kappa shape index (κ2) is 8.09. The Balaban J connectivity index is 1.40. The van der Waals surface area contributed by atoms with Gasteiger partial charge in [-0.15, -0.1) is 0 Å². The summed E-state index contributed by atoms with van der Waals surface area (Å²) in [6.45, 7) is 8.76. The third-order valence-electron chi connectivity index (χ3n) is 6.13. The van der Waals surface area contributed by atoms with Crippen LogP contribution in [0.25, 0.3) is 0 Å². The molecule has 1 amide bonds. The first-order valence-corrected chi connectivity index (χ1v) is 10.6. The number of hydrogen-bond donors (Lipinski definition) is 0. The summed E-state index contributed by atoms with van der Waals surface area (Å²) >= 11 is 0. The Morgan fingerprint density at radius 2 is 2.00 bits per heavy atom. The van der Waals surface area contributed by atoms with Crippen molar-refractivity contribution in [3.8, 4) is 11.5 Å². The van der Waals surface area contributed by atoms with E-state index in [1.54, 1.807) is 0 Å². The van der Waals surface area contributed by atoms with Crippen LogP contribution >= 0.6 is 0 Å². The molecule has 0 spiro atoms. The number of likely N-dealkylation sites (tertiary alicyclic amines) is 2. The third-order valence-corrected chi connectivity index (χ3v) is 6.13. The summed E-state index contributed by atoms with van der Waals surface area (Å²) in [7, 11) is 0. The van der Waals surface area contributed by atoms with Gasteiger partial charge in [-0.2, -0.15) is 0 Å². The van der Waals surface area contributed by atoms with Crippen molar-refractivity contribution in [3.63, 3.8) is 0 Å². The van der Waals surface area contributed by atoms with Gasteiger partial charge >= 0.3 is 0 Å². The first kappa shape index (κ1) is 18.6. The zero-order chi connectivity index (χ0) is 18.8. The maximum atomic E-state index is 12.2. The van der Waals surface area contributed by atoms with Gasteiger partial charge in [-0.25, -0.2) is 0 Å². The van der Waals surface area contributed by atoms with Crippen LogP contribution in [0, 0.1) is 0 Å². The molecule has 27 heavy (non-hydrogen) atoms. The number of nitrogens with zero attached hydrogens (tertiary/aromatic N) is 2. The summed E-state index contributed by atoms with van der Waals surface area (Å²) < 4.78 is 11.9. The van der Waals surface area contributed by atoms with Gasteiger partial charge < -0.3 is 14.4 Å². The molecule has 2 fully saturated rings. The van der Waals surface area contributed by atoms with E-state index in [0.717, 1.165) is 76.2 Å². The minimum absolute atomic E-state index is 0.252. The largest absolute Gasteiger partial charge is 0.494 e. The number of benzene rings is 1. The molecule has 0 aromatic heterocycles. The maximum absolute atomic E-state index is 12.2. The van der Waals surface area contributed by atoms with Crippen LogP contribution in [0.5, 0.6) is 11.5 Å². The molecular weight excluding hydrogens is 340 g/mol. The van der Waals surface area contributed by atoms with Gasteiger partial charge in [0.05, 0.1) is 6.61 Å². The Bertz CT molecular complexity index is 682. The highest BCUT2D eigenvalue weighted by Crippen LogP contribution is 2.36. The Morgan fingerprint density at radius 1 is 1.19 bits per heavy atom. The summed E-state index contributed by atoms with van der Waals surface area (Å²) in [5.41, 5.74) is 2.48. The van der Waals surface area contributed by atoms with Crippen molar-refractivity contribution >= 4 is 5.91 Å². The van der Waals surface area contributed by atoms with Crippen LogP contribution in [0.2, 0.25) is 0 Å². The van der Waals surface area contributed by atoms with Gasteiger partial charge in [-0.1, -0.05) is 0 Å². The minimum atomic E-state index is 0.252. The molecule has 3 aliphatic rings. The van der Waals surface area contributed by atoms with Crippen molar-refractivity contribution in [2.75, 3.05) is 26.2 Å². The molecular formula is C22H32N2O3. The molecule has 4 rings (SSSR count). The standard InChI is InChI=1S/C22H32N2O3/c1-3-26-20-13-17-12-16(2)27-21(17)14-18(20)15-23-10-7-19(8-11-23)24-9-5-4-6-22(24)25/h13-14,16,19H,3-12,15H2,1-2H3. The predicted molar refractivity (Wildman–Crippen MR) is 105 cm³/mol. The predicted octanol–water partition coefficient (Wildman–Crippen LogP) is 3.39. The third kappa shape index (κ3) is 4.08. The number of carbonyl (C=O) groups is 1. The van der Waals surface area contributed by atoms with Crippen molar-refractivity contribution in [2.45, 2.75) is 71.1 Å². The second-order valence-corrected chi connectivity index (χ2v) is 8.18. The van der Waals surface area contributed by atoms with Gasteiger partial charge in [0.25, 0.3) is 0 Å². The van der Waals surface area contributed by atoms with Crippen LogP contribution in [-0.2, 0) is 17.8 Å². The van der Waals surface area contributed by atoms with Crippen molar-refractivity contribution in [1.29, 1.82) is 0 Å². The molecule has 0 N–H and O–H groups in total. The summed E-state index contributed by atoms with van der Waals surface area (Å²) in [5.74, 6) is 2.39. The molecule has 1 aromatic carbocycles. The van der Waals surface area contributed by atoms with E-state index < -0.39 is 0 Å². The molecule has 0 bridgehead atoms. The minimum Gasteiger partial charge on any atom is -0.494 e. The number of piperidine rings is 2. The average molecular weight is 373 g/mol. The van der Waals surface area contributed by atoms with Crippen LogP contribution < -0.4 is 9.47 Å². The number of fused-ring (bicyclic) bond motifs is 1. The summed E-state index contributed by atoms with van der Waals surface area (Å²) in [5, 5.41) is 0. The lowest BCUT2D eigenvalue weighted by atomic mass is 9.98. The maximum Gasteiger partial charge on any atom is 0.222 e. The van der Waals surface area contributed by atoms with Gasteiger partial charge in [0.15, 0.2) is 0 Å². The molecule has 0 saturated carbocycles. The van der Waals surface area contributed by atoms with E-state index in [-0.39, 0.29) is 6.10 Å². The van der Waals surface area contributed by atoms with Crippen LogP contribution in [0.4, 0.5) is 0 Å². The Labute approximate surface area is 162 Å². The van der Waals surface area contributed by atoms with Crippen molar-refractivity contribution in [2.24, 2.45) is 0 Å². The smallest absolute Gasteiger partial charge is 0.222 e.